The number of nitrogens with one attached hydrogen (secondary N) is 1. The first-order valence-electron chi connectivity index (χ1n) is 10.4. The summed E-state index contributed by atoms with van der Waals surface area (Å²) in [6, 6.07) is 26.9. The lowest BCUT2D eigenvalue weighted by Crippen LogP contribution is -2.36. The van der Waals surface area contributed by atoms with Crippen LogP contribution in [0.1, 0.15) is 5.69 Å². The molecule has 7 heteroatoms. The van der Waals surface area contributed by atoms with Gasteiger partial charge in [-0.15, -0.1) is 0 Å². The minimum absolute atomic E-state index is 0.285. The number of imide groups is 1. The highest BCUT2D eigenvalue weighted by atomic mass is 32.2. The molecule has 0 spiro atoms. The number of carbonyl (C=O) groups is 3. The predicted octanol–water partition coefficient (Wildman–Crippen LogP) is 5.31. The second-order valence-electron chi connectivity index (χ2n) is 7.52. The molecule has 0 atom stereocenters. The first-order valence-corrected chi connectivity index (χ1v) is 11.2. The van der Waals surface area contributed by atoms with Crippen molar-refractivity contribution in [3.05, 3.63) is 102 Å². The van der Waals surface area contributed by atoms with Crippen molar-refractivity contribution < 1.29 is 14.4 Å². The molecule has 1 N–H and O–H groups in total. The molecule has 0 bridgehead atoms. The van der Waals surface area contributed by atoms with Crippen molar-refractivity contribution in [1.29, 1.82) is 0 Å². The third kappa shape index (κ3) is 4.31. The lowest BCUT2D eigenvalue weighted by molar-refractivity contribution is -0.127. The number of fused-ring (bicyclic) bond motifs is 1. The number of amides is 3. The van der Waals surface area contributed by atoms with E-state index in [9.17, 15) is 14.4 Å². The van der Waals surface area contributed by atoms with Crippen LogP contribution in [0.3, 0.4) is 0 Å². The third-order valence-electron chi connectivity index (χ3n) is 5.30. The summed E-state index contributed by atoms with van der Waals surface area (Å²) in [5.74, 6) is -0.899. The van der Waals surface area contributed by atoms with E-state index in [-0.39, 0.29) is 11.4 Å². The van der Waals surface area contributed by atoms with Gasteiger partial charge in [-0.3, -0.25) is 19.3 Å². The van der Waals surface area contributed by atoms with E-state index in [1.165, 1.54) is 0 Å². The molecule has 0 saturated carbocycles. The van der Waals surface area contributed by atoms with Gasteiger partial charge in [0.05, 0.1) is 4.91 Å². The van der Waals surface area contributed by atoms with Crippen LogP contribution in [0.15, 0.2) is 96.0 Å². The van der Waals surface area contributed by atoms with Gasteiger partial charge in [0.2, 0.25) is 5.91 Å². The summed E-state index contributed by atoms with van der Waals surface area (Å²) in [5.41, 5.74) is 2.33. The number of para-hydroxylation sites is 1. The summed E-state index contributed by atoms with van der Waals surface area (Å²) in [4.78, 5) is 38.9. The fraction of sp³-hybridized carbons (Fsp3) is 0.0385. The summed E-state index contributed by atoms with van der Waals surface area (Å²) in [6.07, 6.45) is 3.60. The maximum Gasteiger partial charge on any atom is 0.294 e. The van der Waals surface area contributed by atoms with E-state index >= 15 is 0 Å². The molecule has 1 aliphatic rings. The fourth-order valence-electron chi connectivity index (χ4n) is 3.71. The van der Waals surface area contributed by atoms with E-state index in [1.807, 2.05) is 59.3 Å². The molecule has 0 aliphatic carbocycles. The highest BCUT2D eigenvalue weighted by molar-refractivity contribution is 8.18. The van der Waals surface area contributed by atoms with Crippen molar-refractivity contribution in [1.82, 2.24) is 9.47 Å². The van der Waals surface area contributed by atoms with E-state index in [0.717, 1.165) is 38.8 Å². The second-order valence-corrected chi connectivity index (χ2v) is 8.51. The van der Waals surface area contributed by atoms with Crippen LogP contribution in [0, 0.1) is 0 Å². The normalized spacial score (nSPS) is 14.9. The Balaban J connectivity index is 1.36. The van der Waals surface area contributed by atoms with Gasteiger partial charge in [0.15, 0.2) is 0 Å². The SMILES string of the molecule is O=C(CN1C(=O)S/C(=C\c2cccn2-c2ccc3ccccc3c2)C1=O)Nc1ccccc1. The molecule has 4 aromatic rings. The average Bonchev–Trinajstić information content (AvgIpc) is 3.39. The van der Waals surface area contributed by atoms with Crippen molar-refractivity contribution in [2.75, 3.05) is 11.9 Å². The molecule has 5 rings (SSSR count). The van der Waals surface area contributed by atoms with Gasteiger partial charge in [0, 0.05) is 23.3 Å². The Bertz CT molecular complexity index is 1410. The average molecular weight is 454 g/mol. The summed E-state index contributed by atoms with van der Waals surface area (Å²) >= 11 is 0.840. The van der Waals surface area contributed by atoms with Crippen LogP contribution >= 0.6 is 11.8 Å². The Morgan fingerprint density at radius 1 is 0.879 bits per heavy atom. The summed E-state index contributed by atoms with van der Waals surface area (Å²) in [7, 11) is 0. The van der Waals surface area contributed by atoms with Crippen LogP contribution in [-0.4, -0.2) is 33.1 Å². The molecule has 6 nitrogen and oxygen atoms in total. The van der Waals surface area contributed by atoms with Crippen LogP contribution in [0.4, 0.5) is 10.5 Å². The first-order chi connectivity index (χ1) is 16.1. The van der Waals surface area contributed by atoms with Crippen molar-refractivity contribution in [2.24, 2.45) is 0 Å². The Labute approximate surface area is 194 Å². The highest BCUT2D eigenvalue weighted by Crippen LogP contribution is 2.32. The van der Waals surface area contributed by atoms with Gasteiger partial charge in [-0.1, -0.05) is 48.5 Å². The number of carbonyl (C=O) groups excluding carboxylic acids is 3. The quantitative estimate of drug-likeness (QED) is 0.416. The Hall–Kier alpha value is -4.10. The molecule has 2 heterocycles. The standard InChI is InChI=1S/C26H19N3O3S/c30-24(27-20-9-2-1-3-10-20)17-29-25(31)23(33-26(29)32)16-21-11-6-14-28(21)22-13-12-18-7-4-5-8-19(18)15-22/h1-16H,17H2,(H,27,30)/b23-16-. The molecular formula is C26H19N3O3S. The van der Waals surface area contributed by atoms with Crippen LogP contribution in [0.2, 0.25) is 0 Å². The zero-order valence-electron chi connectivity index (χ0n) is 17.5. The van der Waals surface area contributed by atoms with Crippen LogP contribution in [0.25, 0.3) is 22.5 Å². The molecule has 1 aromatic heterocycles. The molecule has 0 unspecified atom stereocenters. The van der Waals surface area contributed by atoms with Crippen molar-refractivity contribution in [3.8, 4) is 5.69 Å². The number of rotatable bonds is 5. The second kappa shape index (κ2) is 8.80. The lowest BCUT2D eigenvalue weighted by Gasteiger charge is -2.12. The van der Waals surface area contributed by atoms with Gasteiger partial charge in [-0.2, -0.15) is 0 Å². The van der Waals surface area contributed by atoms with Gasteiger partial charge >= 0.3 is 0 Å². The first kappa shape index (κ1) is 20.8. The van der Waals surface area contributed by atoms with Crippen LogP contribution in [-0.2, 0) is 9.59 Å². The summed E-state index contributed by atoms with van der Waals surface area (Å²) in [5, 5.41) is 4.49. The molecule has 3 amide bonds. The third-order valence-corrected chi connectivity index (χ3v) is 6.21. The smallest absolute Gasteiger partial charge is 0.294 e. The number of hydrogen-bond acceptors (Lipinski definition) is 4. The molecule has 1 fully saturated rings. The van der Waals surface area contributed by atoms with Crippen molar-refractivity contribution in [3.63, 3.8) is 0 Å². The number of anilines is 1. The molecule has 33 heavy (non-hydrogen) atoms. The summed E-state index contributed by atoms with van der Waals surface area (Å²) in [6.45, 7) is -0.331. The summed E-state index contributed by atoms with van der Waals surface area (Å²) < 4.78 is 1.96. The van der Waals surface area contributed by atoms with Gasteiger partial charge in [0.25, 0.3) is 11.1 Å². The van der Waals surface area contributed by atoms with Gasteiger partial charge in [-0.25, -0.2) is 0 Å². The van der Waals surface area contributed by atoms with E-state index in [1.54, 1.807) is 30.3 Å². The van der Waals surface area contributed by atoms with E-state index in [0.29, 0.717) is 5.69 Å². The Morgan fingerprint density at radius 2 is 1.64 bits per heavy atom. The van der Waals surface area contributed by atoms with E-state index < -0.39 is 17.1 Å². The van der Waals surface area contributed by atoms with E-state index in [2.05, 4.69) is 17.4 Å². The molecule has 3 aromatic carbocycles. The highest BCUT2D eigenvalue weighted by Gasteiger charge is 2.36. The maximum absolute atomic E-state index is 12.9. The van der Waals surface area contributed by atoms with Crippen LogP contribution < -0.4 is 5.32 Å². The zero-order chi connectivity index (χ0) is 22.8. The number of hydrogen-bond donors (Lipinski definition) is 1. The largest absolute Gasteiger partial charge is 0.325 e. The van der Waals surface area contributed by atoms with E-state index in [4.69, 9.17) is 0 Å². The number of thioether (sulfide) groups is 1. The molecule has 1 aliphatic heterocycles. The number of benzene rings is 3. The number of nitrogens with zero attached hydrogens (tertiary/aromatic N) is 2. The minimum atomic E-state index is -0.473. The topological polar surface area (TPSA) is 71.4 Å². The maximum atomic E-state index is 12.9. The Morgan fingerprint density at radius 3 is 2.45 bits per heavy atom. The molecule has 0 radical (unpaired) electrons. The lowest BCUT2D eigenvalue weighted by atomic mass is 10.1. The molecular weight excluding hydrogens is 434 g/mol. The zero-order valence-corrected chi connectivity index (χ0v) is 18.3. The van der Waals surface area contributed by atoms with Crippen LogP contribution in [0.5, 0.6) is 0 Å². The van der Waals surface area contributed by atoms with Gasteiger partial charge < -0.3 is 9.88 Å². The fourth-order valence-corrected chi connectivity index (χ4v) is 4.53. The Kier molecular flexibility index (Phi) is 5.54. The molecule has 1 saturated heterocycles. The van der Waals surface area contributed by atoms with Gasteiger partial charge in [0.1, 0.15) is 6.54 Å². The molecule has 162 valence electrons. The predicted molar refractivity (Wildman–Crippen MR) is 131 cm³/mol. The monoisotopic (exact) mass is 453 g/mol. The van der Waals surface area contributed by atoms with Crippen molar-refractivity contribution in [2.45, 2.75) is 0 Å². The van der Waals surface area contributed by atoms with Crippen molar-refractivity contribution >= 4 is 51.4 Å². The minimum Gasteiger partial charge on any atom is -0.325 e. The number of aromatic nitrogens is 1. The van der Waals surface area contributed by atoms with Gasteiger partial charge in [-0.05, 0) is 65.0 Å².